The lowest BCUT2D eigenvalue weighted by molar-refractivity contribution is 0.201. The molecule has 1 saturated carbocycles. The van der Waals surface area contributed by atoms with Gasteiger partial charge in [0.15, 0.2) is 0 Å². The highest BCUT2D eigenvalue weighted by atomic mass is 16.1. The minimum atomic E-state index is 0.167. The molecule has 1 heterocycles. The summed E-state index contributed by atoms with van der Waals surface area (Å²) >= 11 is 0. The van der Waals surface area contributed by atoms with Crippen molar-refractivity contribution in [3.8, 4) is 0 Å². The molecule has 3 nitrogen and oxygen atoms in total. The van der Waals surface area contributed by atoms with Crippen LogP contribution in [0.4, 0.5) is 0 Å². The summed E-state index contributed by atoms with van der Waals surface area (Å²) in [6.45, 7) is 5.59. The Morgan fingerprint density at radius 1 is 1.00 bits per heavy atom. The van der Waals surface area contributed by atoms with Crippen LogP contribution in [0.25, 0.3) is 16.7 Å². The van der Waals surface area contributed by atoms with Crippen molar-refractivity contribution in [3.63, 3.8) is 0 Å². The predicted octanol–water partition coefficient (Wildman–Crippen LogP) is 5.29. The Kier molecular flexibility index (Phi) is 4.58. The number of allylic oxidation sites excluding steroid dienone is 2. The molecular weight excluding hydrogens is 308 g/mol. The molecule has 0 spiro atoms. The maximum absolute atomic E-state index is 13.3. The van der Waals surface area contributed by atoms with Crippen LogP contribution < -0.4 is 5.69 Å². The summed E-state index contributed by atoms with van der Waals surface area (Å²) < 4.78 is 4.05. The second kappa shape index (κ2) is 6.86. The smallest absolute Gasteiger partial charge is 0.291 e. The predicted molar refractivity (Wildman–Crippen MR) is 105 cm³/mol. The van der Waals surface area contributed by atoms with Crippen molar-refractivity contribution in [1.82, 2.24) is 9.13 Å². The Hall–Kier alpha value is -1.77. The van der Waals surface area contributed by atoms with Crippen LogP contribution in [0.3, 0.4) is 0 Å². The van der Waals surface area contributed by atoms with E-state index < -0.39 is 0 Å². The number of hydrogen-bond acceptors (Lipinski definition) is 1. The van der Waals surface area contributed by atoms with Gasteiger partial charge in [0.2, 0.25) is 0 Å². The molecule has 4 rings (SSSR count). The van der Waals surface area contributed by atoms with Gasteiger partial charge in [-0.3, -0.25) is 9.13 Å². The third-order valence-electron chi connectivity index (χ3n) is 6.11. The summed E-state index contributed by atoms with van der Waals surface area (Å²) in [4.78, 5) is 13.3. The van der Waals surface area contributed by atoms with E-state index in [-0.39, 0.29) is 5.69 Å². The van der Waals surface area contributed by atoms with Gasteiger partial charge >= 0.3 is 5.69 Å². The second-order valence-electron chi connectivity index (χ2n) is 8.44. The number of benzene rings is 1. The number of para-hydroxylation sites is 2. The molecule has 0 radical (unpaired) electrons. The lowest BCUT2D eigenvalue weighted by atomic mass is 9.77. The van der Waals surface area contributed by atoms with Crippen LogP contribution in [0, 0.1) is 17.8 Å². The molecule has 1 fully saturated rings. The van der Waals surface area contributed by atoms with Crippen LogP contribution in [0.15, 0.2) is 35.1 Å². The van der Waals surface area contributed by atoms with Crippen molar-refractivity contribution >= 4 is 16.7 Å². The van der Waals surface area contributed by atoms with E-state index in [4.69, 9.17) is 0 Å². The Morgan fingerprint density at radius 3 is 2.40 bits per heavy atom. The third kappa shape index (κ3) is 3.21. The maximum Gasteiger partial charge on any atom is 0.333 e. The zero-order valence-corrected chi connectivity index (χ0v) is 15.6. The van der Waals surface area contributed by atoms with Gasteiger partial charge in [-0.05, 0) is 74.8 Å². The molecule has 25 heavy (non-hydrogen) atoms. The van der Waals surface area contributed by atoms with Gasteiger partial charge in [-0.1, -0.05) is 32.1 Å². The number of nitrogens with zero attached hydrogens (tertiary/aromatic N) is 2. The van der Waals surface area contributed by atoms with E-state index in [2.05, 4.69) is 48.8 Å². The Bertz CT molecular complexity index is 831. The molecule has 134 valence electrons. The van der Waals surface area contributed by atoms with Crippen LogP contribution >= 0.6 is 0 Å². The van der Waals surface area contributed by atoms with Crippen molar-refractivity contribution in [1.29, 1.82) is 0 Å². The minimum absolute atomic E-state index is 0.167. The monoisotopic (exact) mass is 338 g/mol. The van der Waals surface area contributed by atoms with Gasteiger partial charge in [0.1, 0.15) is 0 Å². The van der Waals surface area contributed by atoms with E-state index in [1.54, 1.807) is 0 Å². The summed E-state index contributed by atoms with van der Waals surface area (Å²) in [6, 6.07) is 8.34. The zero-order valence-electron chi connectivity index (χ0n) is 15.6. The lowest BCUT2D eigenvalue weighted by Crippen LogP contribution is -2.30. The van der Waals surface area contributed by atoms with Crippen molar-refractivity contribution in [2.45, 2.75) is 65.3 Å². The average molecular weight is 338 g/mol. The highest BCUT2D eigenvalue weighted by molar-refractivity contribution is 5.80. The number of aromatic nitrogens is 2. The minimum Gasteiger partial charge on any atom is -0.291 e. The maximum atomic E-state index is 13.3. The van der Waals surface area contributed by atoms with Gasteiger partial charge < -0.3 is 0 Å². The SMILES string of the molecule is CC1CC(C)CC(Cn2c(=O)n(C3=CCCCC3)c3ccccc32)C1. The summed E-state index contributed by atoms with van der Waals surface area (Å²) in [7, 11) is 0. The first-order valence-corrected chi connectivity index (χ1v) is 10.0. The topological polar surface area (TPSA) is 26.9 Å². The van der Waals surface area contributed by atoms with Crippen molar-refractivity contribution in [2.75, 3.05) is 0 Å². The van der Waals surface area contributed by atoms with Crippen molar-refractivity contribution in [3.05, 3.63) is 40.8 Å². The fraction of sp³-hybridized carbons (Fsp3) is 0.591. The lowest BCUT2D eigenvalue weighted by Gasteiger charge is -2.31. The largest absolute Gasteiger partial charge is 0.333 e. The molecule has 0 saturated heterocycles. The Morgan fingerprint density at radius 2 is 1.72 bits per heavy atom. The fourth-order valence-electron chi connectivity index (χ4n) is 5.21. The van der Waals surface area contributed by atoms with Gasteiger partial charge in [0, 0.05) is 12.2 Å². The van der Waals surface area contributed by atoms with E-state index in [1.807, 2.05) is 4.57 Å². The van der Waals surface area contributed by atoms with E-state index >= 15 is 0 Å². The molecule has 2 aromatic rings. The summed E-state index contributed by atoms with van der Waals surface area (Å²) in [6.07, 6.45) is 10.7. The summed E-state index contributed by atoms with van der Waals surface area (Å²) in [5.74, 6) is 2.17. The molecule has 2 atom stereocenters. The molecule has 2 aliphatic carbocycles. The molecular formula is C22H30N2O. The molecule has 0 N–H and O–H groups in total. The zero-order chi connectivity index (χ0) is 17.4. The third-order valence-corrected chi connectivity index (χ3v) is 6.11. The first kappa shape index (κ1) is 16.7. The van der Waals surface area contributed by atoms with Crippen LogP contribution in [0.2, 0.25) is 0 Å². The van der Waals surface area contributed by atoms with Gasteiger partial charge in [0.25, 0.3) is 0 Å². The van der Waals surface area contributed by atoms with Crippen LogP contribution in [0.1, 0.15) is 58.8 Å². The van der Waals surface area contributed by atoms with Crippen LogP contribution in [-0.4, -0.2) is 9.13 Å². The van der Waals surface area contributed by atoms with Gasteiger partial charge in [-0.15, -0.1) is 0 Å². The molecule has 2 aliphatic rings. The quantitative estimate of drug-likeness (QED) is 0.747. The van der Waals surface area contributed by atoms with Crippen LogP contribution in [-0.2, 0) is 6.54 Å². The first-order valence-electron chi connectivity index (χ1n) is 10.0. The Labute approximate surface area is 150 Å². The molecule has 1 aromatic carbocycles. The van der Waals surface area contributed by atoms with E-state index in [9.17, 15) is 4.79 Å². The first-order chi connectivity index (χ1) is 12.1. The molecule has 0 bridgehead atoms. The van der Waals surface area contributed by atoms with Gasteiger partial charge in [-0.2, -0.15) is 0 Å². The molecule has 0 amide bonds. The van der Waals surface area contributed by atoms with E-state index in [0.717, 1.165) is 42.3 Å². The van der Waals surface area contributed by atoms with Crippen molar-refractivity contribution < 1.29 is 0 Å². The number of hydrogen-bond donors (Lipinski definition) is 0. The summed E-state index contributed by atoms with van der Waals surface area (Å²) in [5.41, 5.74) is 3.55. The highest BCUT2D eigenvalue weighted by Crippen LogP contribution is 2.34. The number of fused-ring (bicyclic) bond motifs is 1. The molecule has 0 aliphatic heterocycles. The molecule has 1 aromatic heterocycles. The average Bonchev–Trinajstić information content (AvgIpc) is 2.87. The second-order valence-corrected chi connectivity index (χ2v) is 8.44. The van der Waals surface area contributed by atoms with Gasteiger partial charge in [0.05, 0.1) is 11.0 Å². The normalized spacial score (nSPS) is 27.4. The summed E-state index contributed by atoms with van der Waals surface area (Å²) in [5, 5.41) is 0. The van der Waals surface area contributed by atoms with Crippen molar-refractivity contribution in [2.24, 2.45) is 17.8 Å². The van der Waals surface area contributed by atoms with E-state index in [1.165, 1.54) is 37.8 Å². The number of rotatable bonds is 3. The molecule has 3 heteroatoms. The van der Waals surface area contributed by atoms with Crippen LogP contribution in [0.5, 0.6) is 0 Å². The van der Waals surface area contributed by atoms with E-state index in [0.29, 0.717) is 5.92 Å². The fourth-order valence-corrected chi connectivity index (χ4v) is 5.21. The standard InChI is InChI=1S/C22H30N2O/c1-16-12-17(2)14-18(13-16)15-23-20-10-6-7-11-21(20)24(22(23)25)19-8-4-3-5-9-19/h6-8,10-11,16-18H,3-5,9,12-15H2,1-2H3. The van der Waals surface area contributed by atoms with Gasteiger partial charge in [-0.25, -0.2) is 4.79 Å². The number of imidazole rings is 1. The highest BCUT2D eigenvalue weighted by Gasteiger charge is 2.26. The molecule has 2 unspecified atom stereocenters. The Balaban J connectivity index is 1.75.